The van der Waals surface area contributed by atoms with E-state index in [4.69, 9.17) is 27.9 Å². The number of rotatable bonds is 5. The van der Waals surface area contributed by atoms with Crippen LogP contribution >= 0.6 is 23.2 Å². The lowest BCUT2D eigenvalue weighted by Crippen LogP contribution is -2.13. The number of amides is 1. The molecule has 0 aliphatic heterocycles. The number of hydrogen-bond donors (Lipinski definition) is 1. The summed E-state index contributed by atoms with van der Waals surface area (Å²) in [6, 6.07) is 9.71. The van der Waals surface area contributed by atoms with Crippen molar-refractivity contribution in [2.24, 2.45) is 0 Å². The second-order valence-corrected chi connectivity index (χ2v) is 5.61. The summed E-state index contributed by atoms with van der Waals surface area (Å²) >= 11 is 10.8. The summed E-state index contributed by atoms with van der Waals surface area (Å²) in [7, 11) is 0. The van der Waals surface area contributed by atoms with Crippen molar-refractivity contribution in [3.63, 3.8) is 0 Å². The molecule has 0 radical (unpaired) electrons. The molecule has 0 heterocycles. The first-order valence-electron chi connectivity index (χ1n) is 6.91. The third kappa shape index (κ3) is 5.14. The zero-order valence-electron chi connectivity index (χ0n) is 12.8. The number of benzene rings is 2. The number of halogens is 2. The van der Waals surface area contributed by atoms with Gasteiger partial charge >= 0.3 is 5.97 Å². The zero-order chi connectivity index (χ0) is 18.6. The van der Waals surface area contributed by atoms with Gasteiger partial charge in [0.1, 0.15) is 5.75 Å². The van der Waals surface area contributed by atoms with Crippen LogP contribution in [0.2, 0.25) is 0 Å². The Hall–Kier alpha value is -2.70. The topological polar surface area (TPSA) is 89.5 Å². The quantitative estimate of drug-likeness (QED) is 0.486. The molecule has 0 saturated carbocycles. The van der Waals surface area contributed by atoms with Crippen LogP contribution in [0.5, 0.6) is 5.75 Å². The van der Waals surface area contributed by atoms with E-state index >= 15 is 0 Å². The van der Waals surface area contributed by atoms with Gasteiger partial charge in [-0.15, -0.1) is 0 Å². The van der Waals surface area contributed by atoms with E-state index in [0.717, 1.165) is 0 Å². The summed E-state index contributed by atoms with van der Waals surface area (Å²) in [6.07, 6.45) is 0. The number of ether oxygens (including phenoxy) is 1. The van der Waals surface area contributed by atoms with E-state index < -0.39 is 22.4 Å². The monoisotopic (exact) mass is 379 g/mol. The molecule has 0 atom stereocenters. The Bertz CT molecular complexity index is 830. The minimum Gasteiger partial charge on any atom is -0.427 e. The minimum atomic E-state index is -0.791. The van der Waals surface area contributed by atoms with Gasteiger partial charge < -0.3 is 10.1 Å². The summed E-state index contributed by atoms with van der Waals surface area (Å²) < 4.78 is 4.88. The molecular formula is C17H11Cl2NO5. The average Bonchev–Trinajstić information content (AvgIpc) is 2.54. The summed E-state index contributed by atoms with van der Waals surface area (Å²) in [5.41, 5.74) is 0.504. The van der Waals surface area contributed by atoms with Crippen LogP contribution in [0.3, 0.4) is 0 Å². The van der Waals surface area contributed by atoms with Crippen molar-refractivity contribution < 1.29 is 23.9 Å². The molecule has 2 aromatic carbocycles. The predicted molar refractivity (Wildman–Crippen MR) is 92.5 cm³/mol. The van der Waals surface area contributed by atoms with E-state index in [2.05, 4.69) is 5.32 Å². The summed E-state index contributed by atoms with van der Waals surface area (Å²) in [6.45, 7) is 1.27. The SMILES string of the molecule is CC(=O)Oc1ccc(C(=O)Nc2cc(C(=O)Cl)cc(C(=O)Cl)c2)cc1. The first-order valence-corrected chi connectivity index (χ1v) is 7.66. The Morgan fingerprint density at radius 2 is 1.36 bits per heavy atom. The average molecular weight is 380 g/mol. The third-order valence-electron chi connectivity index (χ3n) is 3.02. The Kier molecular flexibility index (Phi) is 5.90. The molecule has 0 aliphatic rings. The highest BCUT2D eigenvalue weighted by Gasteiger charge is 2.13. The van der Waals surface area contributed by atoms with Gasteiger partial charge in [-0.25, -0.2) is 0 Å². The van der Waals surface area contributed by atoms with Crippen LogP contribution in [0.15, 0.2) is 42.5 Å². The van der Waals surface area contributed by atoms with Crippen molar-refractivity contribution in [3.05, 3.63) is 59.2 Å². The van der Waals surface area contributed by atoms with Crippen molar-refractivity contribution in [1.82, 2.24) is 0 Å². The molecule has 1 N–H and O–H groups in total. The molecule has 0 fully saturated rings. The van der Waals surface area contributed by atoms with E-state index in [-0.39, 0.29) is 22.4 Å². The van der Waals surface area contributed by atoms with Crippen LogP contribution < -0.4 is 10.1 Å². The van der Waals surface area contributed by atoms with Gasteiger partial charge in [0, 0.05) is 29.3 Å². The van der Waals surface area contributed by atoms with Crippen molar-refractivity contribution in [1.29, 1.82) is 0 Å². The Morgan fingerprint density at radius 3 is 1.80 bits per heavy atom. The van der Waals surface area contributed by atoms with E-state index in [1.807, 2.05) is 0 Å². The first-order chi connectivity index (χ1) is 11.8. The second-order valence-electron chi connectivity index (χ2n) is 4.92. The van der Waals surface area contributed by atoms with Crippen LogP contribution in [0, 0.1) is 0 Å². The number of nitrogens with one attached hydrogen (secondary N) is 1. The van der Waals surface area contributed by atoms with E-state index in [0.29, 0.717) is 5.75 Å². The highest BCUT2D eigenvalue weighted by Crippen LogP contribution is 2.20. The van der Waals surface area contributed by atoms with Crippen molar-refractivity contribution in [2.75, 3.05) is 5.32 Å². The number of anilines is 1. The molecule has 8 heteroatoms. The second kappa shape index (κ2) is 7.92. The summed E-state index contributed by atoms with van der Waals surface area (Å²) in [5.74, 6) is -0.673. The van der Waals surface area contributed by atoms with Crippen LogP contribution in [-0.2, 0) is 4.79 Å². The summed E-state index contributed by atoms with van der Waals surface area (Å²) in [4.78, 5) is 45.7. The fourth-order valence-corrected chi connectivity index (χ4v) is 2.19. The lowest BCUT2D eigenvalue weighted by Gasteiger charge is -2.08. The molecule has 128 valence electrons. The van der Waals surface area contributed by atoms with E-state index in [1.54, 1.807) is 0 Å². The zero-order valence-corrected chi connectivity index (χ0v) is 14.4. The molecule has 6 nitrogen and oxygen atoms in total. The molecular weight excluding hydrogens is 369 g/mol. The Morgan fingerprint density at radius 1 is 0.840 bits per heavy atom. The molecule has 25 heavy (non-hydrogen) atoms. The molecule has 0 spiro atoms. The highest BCUT2D eigenvalue weighted by molar-refractivity contribution is 6.69. The van der Waals surface area contributed by atoms with Crippen LogP contribution in [0.1, 0.15) is 38.0 Å². The molecule has 0 saturated heterocycles. The largest absolute Gasteiger partial charge is 0.427 e. The maximum absolute atomic E-state index is 12.3. The molecule has 2 rings (SSSR count). The number of carbonyl (C=O) groups is 4. The maximum Gasteiger partial charge on any atom is 0.308 e. The molecule has 2 aromatic rings. The smallest absolute Gasteiger partial charge is 0.308 e. The fraction of sp³-hybridized carbons (Fsp3) is 0.0588. The van der Waals surface area contributed by atoms with Gasteiger partial charge in [-0.2, -0.15) is 0 Å². The van der Waals surface area contributed by atoms with Gasteiger partial charge in [-0.3, -0.25) is 19.2 Å². The van der Waals surface area contributed by atoms with Gasteiger partial charge in [-0.1, -0.05) is 0 Å². The van der Waals surface area contributed by atoms with Crippen LogP contribution in [0.4, 0.5) is 5.69 Å². The molecule has 1 amide bonds. The Labute approximate surface area is 152 Å². The van der Waals surface area contributed by atoms with Crippen molar-refractivity contribution >= 4 is 51.3 Å². The van der Waals surface area contributed by atoms with Crippen molar-refractivity contribution in [3.8, 4) is 5.75 Å². The van der Waals surface area contributed by atoms with Gasteiger partial charge in [0.2, 0.25) is 0 Å². The van der Waals surface area contributed by atoms with Gasteiger partial charge in [-0.05, 0) is 65.7 Å². The van der Waals surface area contributed by atoms with Crippen LogP contribution in [0.25, 0.3) is 0 Å². The normalized spacial score (nSPS) is 10.0. The number of esters is 1. The highest BCUT2D eigenvalue weighted by atomic mass is 35.5. The Balaban J connectivity index is 2.23. The molecule has 0 aromatic heterocycles. The van der Waals surface area contributed by atoms with Crippen LogP contribution in [-0.4, -0.2) is 22.4 Å². The van der Waals surface area contributed by atoms with Crippen molar-refractivity contribution in [2.45, 2.75) is 6.92 Å². The van der Waals surface area contributed by atoms with Gasteiger partial charge in [0.05, 0.1) is 0 Å². The standard InChI is InChI=1S/C17H11Cl2NO5/c1-9(21)25-14-4-2-10(3-5-14)17(24)20-13-7-11(15(18)22)6-12(8-13)16(19)23/h2-8H,1H3,(H,20,24). The number of hydrogen-bond acceptors (Lipinski definition) is 5. The predicted octanol–water partition coefficient (Wildman–Crippen LogP) is 3.62. The maximum atomic E-state index is 12.3. The van der Waals surface area contributed by atoms with E-state index in [9.17, 15) is 19.2 Å². The third-order valence-corrected chi connectivity index (χ3v) is 3.46. The molecule has 0 bridgehead atoms. The number of carbonyl (C=O) groups excluding carboxylic acids is 4. The van der Waals surface area contributed by atoms with Gasteiger partial charge in [0.25, 0.3) is 16.4 Å². The minimum absolute atomic E-state index is 0.0219. The molecule has 0 unspecified atom stereocenters. The lowest BCUT2D eigenvalue weighted by molar-refractivity contribution is -0.131. The van der Waals surface area contributed by atoms with Gasteiger partial charge in [0.15, 0.2) is 0 Å². The fourth-order valence-electron chi connectivity index (χ4n) is 1.97. The first kappa shape index (κ1) is 18.6. The lowest BCUT2D eigenvalue weighted by atomic mass is 10.1. The summed E-state index contributed by atoms with van der Waals surface area (Å²) in [5, 5.41) is 0.959. The van der Waals surface area contributed by atoms with E-state index in [1.165, 1.54) is 49.4 Å². The molecule has 0 aliphatic carbocycles.